The lowest BCUT2D eigenvalue weighted by atomic mass is 10.1. The second-order valence-corrected chi connectivity index (χ2v) is 7.27. The van der Waals surface area contributed by atoms with E-state index in [4.69, 9.17) is 9.47 Å². The molecular weight excluding hydrogens is 392 g/mol. The molecule has 3 aromatic carbocycles. The average molecular weight is 418 g/mol. The second kappa shape index (κ2) is 9.80. The van der Waals surface area contributed by atoms with Crippen molar-refractivity contribution >= 4 is 23.2 Å². The van der Waals surface area contributed by atoms with Crippen LogP contribution >= 0.6 is 0 Å². The van der Waals surface area contributed by atoms with Gasteiger partial charge in [0.2, 0.25) is 0 Å². The molecule has 0 aromatic heterocycles. The van der Waals surface area contributed by atoms with Crippen LogP contribution in [0.2, 0.25) is 0 Å². The molecule has 2 N–H and O–H groups in total. The van der Waals surface area contributed by atoms with Crippen molar-refractivity contribution in [3.8, 4) is 11.5 Å². The predicted octanol–water partition coefficient (Wildman–Crippen LogP) is 4.97. The molecule has 31 heavy (non-hydrogen) atoms. The molecule has 2 amide bonds. The van der Waals surface area contributed by atoms with Gasteiger partial charge in [0, 0.05) is 16.9 Å². The zero-order valence-electron chi connectivity index (χ0n) is 18.1. The highest BCUT2D eigenvalue weighted by Crippen LogP contribution is 2.20. The van der Waals surface area contributed by atoms with Crippen molar-refractivity contribution in [2.45, 2.75) is 26.9 Å². The van der Waals surface area contributed by atoms with Gasteiger partial charge in [0.1, 0.15) is 11.5 Å². The minimum absolute atomic E-state index is 0.205. The maximum atomic E-state index is 12.5. The SMILES string of the molecule is COc1ccc(NC(=O)C(C)Oc2ccc(C(=O)Nc3ccc(C)cc3C)cc2)cc1. The maximum absolute atomic E-state index is 12.5. The summed E-state index contributed by atoms with van der Waals surface area (Å²) in [6, 6.07) is 19.6. The minimum atomic E-state index is -0.711. The van der Waals surface area contributed by atoms with Gasteiger partial charge in [-0.15, -0.1) is 0 Å². The molecule has 3 rings (SSSR count). The number of benzene rings is 3. The van der Waals surface area contributed by atoms with E-state index in [0.717, 1.165) is 16.8 Å². The van der Waals surface area contributed by atoms with Crippen LogP contribution in [-0.2, 0) is 4.79 Å². The Labute approximate surface area is 182 Å². The summed E-state index contributed by atoms with van der Waals surface area (Å²) < 4.78 is 10.8. The van der Waals surface area contributed by atoms with E-state index < -0.39 is 6.10 Å². The van der Waals surface area contributed by atoms with Gasteiger partial charge in [0.25, 0.3) is 11.8 Å². The number of carbonyl (C=O) groups is 2. The van der Waals surface area contributed by atoms with Gasteiger partial charge in [-0.3, -0.25) is 9.59 Å². The summed E-state index contributed by atoms with van der Waals surface area (Å²) in [6.45, 7) is 5.63. The van der Waals surface area contributed by atoms with E-state index in [9.17, 15) is 9.59 Å². The number of amides is 2. The van der Waals surface area contributed by atoms with Crippen LogP contribution in [0.15, 0.2) is 66.7 Å². The highest BCUT2D eigenvalue weighted by Gasteiger charge is 2.15. The molecule has 0 fully saturated rings. The average Bonchev–Trinajstić information content (AvgIpc) is 2.76. The van der Waals surface area contributed by atoms with Crippen molar-refractivity contribution in [2.75, 3.05) is 17.7 Å². The number of rotatable bonds is 7. The largest absolute Gasteiger partial charge is 0.497 e. The van der Waals surface area contributed by atoms with E-state index in [1.165, 1.54) is 0 Å². The molecule has 6 nitrogen and oxygen atoms in total. The second-order valence-electron chi connectivity index (χ2n) is 7.27. The van der Waals surface area contributed by atoms with Gasteiger partial charge in [-0.25, -0.2) is 0 Å². The maximum Gasteiger partial charge on any atom is 0.265 e. The summed E-state index contributed by atoms with van der Waals surface area (Å²) in [5, 5.41) is 5.71. The smallest absolute Gasteiger partial charge is 0.265 e. The molecular formula is C25H26N2O4. The highest BCUT2D eigenvalue weighted by molar-refractivity contribution is 6.04. The van der Waals surface area contributed by atoms with E-state index in [2.05, 4.69) is 10.6 Å². The third-order valence-electron chi connectivity index (χ3n) is 4.79. The molecule has 0 radical (unpaired) electrons. The zero-order chi connectivity index (χ0) is 22.4. The Kier molecular flexibility index (Phi) is 6.92. The Bertz CT molecular complexity index is 1060. The molecule has 0 aliphatic heterocycles. The van der Waals surface area contributed by atoms with E-state index in [-0.39, 0.29) is 11.8 Å². The number of ether oxygens (including phenoxy) is 2. The quantitative estimate of drug-likeness (QED) is 0.568. The van der Waals surface area contributed by atoms with Gasteiger partial charge in [-0.05, 0) is 80.9 Å². The summed E-state index contributed by atoms with van der Waals surface area (Å²) >= 11 is 0. The number of aryl methyl sites for hydroxylation is 2. The molecule has 160 valence electrons. The van der Waals surface area contributed by atoms with E-state index in [0.29, 0.717) is 22.7 Å². The monoisotopic (exact) mass is 418 g/mol. The van der Waals surface area contributed by atoms with E-state index >= 15 is 0 Å². The summed E-state index contributed by atoms with van der Waals surface area (Å²) in [7, 11) is 1.59. The van der Waals surface area contributed by atoms with Crippen LogP contribution in [0.3, 0.4) is 0 Å². The van der Waals surface area contributed by atoms with Crippen LogP contribution in [0.1, 0.15) is 28.4 Å². The van der Waals surface area contributed by atoms with Crippen molar-refractivity contribution in [1.29, 1.82) is 0 Å². The first-order valence-electron chi connectivity index (χ1n) is 9.96. The third-order valence-corrected chi connectivity index (χ3v) is 4.79. The van der Waals surface area contributed by atoms with Crippen LogP contribution in [0, 0.1) is 13.8 Å². The lowest BCUT2D eigenvalue weighted by molar-refractivity contribution is -0.122. The van der Waals surface area contributed by atoms with Gasteiger partial charge in [-0.1, -0.05) is 17.7 Å². The van der Waals surface area contributed by atoms with Crippen molar-refractivity contribution in [3.05, 3.63) is 83.4 Å². The molecule has 1 atom stereocenters. The Balaban J connectivity index is 1.57. The van der Waals surface area contributed by atoms with Gasteiger partial charge >= 0.3 is 0 Å². The summed E-state index contributed by atoms with van der Waals surface area (Å²) in [4.78, 5) is 24.9. The number of nitrogens with one attached hydrogen (secondary N) is 2. The number of carbonyl (C=O) groups excluding carboxylic acids is 2. The van der Waals surface area contributed by atoms with Crippen molar-refractivity contribution in [2.24, 2.45) is 0 Å². The van der Waals surface area contributed by atoms with Gasteiger partial charge in [0.15, 0.2) is 6.10 Å². The number of hydrogen-bond donors (Lipinski definition) is 2. The van der Waals surface area contributed by atoms with Crippen molar-refractivity contribution in [1.82, 2.24) is 0 Å². The van der Waals surface area contributed by atoms with E-state index in [1.54, 1.807) is 62.6 Å². The molecule has 0 heterocycles. The van der Waals surface area contributed by atoms with Gasteiger partial charge < -0.3 is 20.1 Å². The standard InChI is InChI=1S/C25H26N2O4/c1-16-5-14-23(17(2)15-16)27-25(29)19-6-10-22(11-7-19)31-18(3)24(28)26-20-8-12-21(30-4)13-9-20/h5-15,18H,1-4H3,(H,26,28)(H,27,29). The van der Waals surface area contributed by atoms with Gasteiger partial charge in [0.05, 0.1) is 7.11 Å². The Morgan fingerprint density at radius 1 is 0.839 bits per heavy atom. The van der Waals surface area contributed by atoms with Crippen LogP contribution in [0.4, 0.5) is 11.4 Å². The minimum Gasteiger partial charge on any atom is -0.497 e. The first-order chi connectivity index (χ1) is 14.9. The summed E-state index contributed by atoms with van der Waals surface area (Å²) in [6.07, 6.45) is -0.711. The fourth-order valence-electron chi connectivity index (χ4n) is 3.01. The van der Waals surface area contributed by atoms with Crippen LogP contribution in [-0.4, -0.2) is 25.0 Å². The fraction of sp³-hybridized carbons (Fsp3) is 0.200. The Morgan fingerprint density at radius 2 is 1.48 bits per heavy atom. The summed E-state index contributed by atoms with van der Waals surface area (Å²) in [5.41, 5.74) is 4.08. The van der Waals surface area contributed by atoms with E-state index in [1.807, 2.05) is 32.0 Å². The first-order valence-corrected chi connectivity index (χ1v) is 9.96. The Hall–Kier alpha value is -3.80. The number of hydrogen-bond acceptors (Lipinski definition) is 4. The Morgan fingerprint density at radius 3 is 2.10 bits per heavy atom. The molecule has 0 aliphatic carbocycles. The molecule has 0 saturated heterocycles. The molecule has 6 heteroatoms. The third kappa shape index (κ3) is 5.85. The molecule has 1 unspecified atom stereocenters. The van der Waals surface area contributed by atoms with Crippen LogP contribution in [0.5, 0.6) is 11.5 Å². The normalized spacial score (nSPS) is 11.4. The molecule has 0 spiro atoms. The lowest BCUT2D eigenvalue weighted by Gasteiger charge is -2.15. The number of methoxy groups -OCH3 is 1. The van der Waals surface area contributed by atoms with Crippen molar-refractivity contribution < 1.29 is 19.1 Å². The van der Waals surface area contributed by atoms with Crippen molar-refractivity contribution in [3.63, 3.8) is 0 Å². The van der Waals surface area contributed by atoms with Crippen LogP contribution < -0.4 is 20.1 Å². The highest BCUT2D eigenvalue weighted by atomic mass is 16.5. The molecule has 0 aliphatic rings. The van der Waals surface area contributed by atoms with Gasteiger partial charge in [-0.2, -0.15) is 0 Å². The first kappa shape index (κ1) is 21.9. The zero-order valence-corrected chi connectivity index (χ0v) is 18.1. The fourth-order valence-corrected chi connectivity index (χ4v) is 3.01. The lowest BCUT2D eigenvalue weighted by Crippen LogP contribution is -2.30. The van der Waals surface area contributed by atoms with Crippen LogP contribution in [0.25, 0.3) is 0 Å². The molecule has 0 bridgehead atoms. The molecule has 3 aromatic rings. The predicted molar refractivity (Wildman–Crippen MR) is 122 cm³/mol. The topological polar surface area (TPSA) is 76.7 Å². The summed E-state index contributed by atoms with van der Waals surface area (Å²) in [5.74, 6) is 0.732. The number of anilines is 2. The molecule has 0 saturated carbocycles.